The summed E-state index contributed by atoms with van der Waals surface area (Å²) in [6.45, 7) is 0. The fourth-order valence-corrected chi connectivity index (χ4v) is 4.27. The van der Waals surface area contributed by atoms with E-state index in [4.69, 9.17) is 4.74 Å². The fourth-order valence-electron chi connectivity index (χ4n) is 3.41. The van der Waals surface area contributed by atoms with Crippen LogP contribution < -0.4 is 15.6 Å². The number of fused-ring (bicyclic) bond motifs is 2. The second kappa shape index (κ2) is 7.66. The summed E-state index contributed by atoms with van der Waals surface area (Å²) >= 11 is 1.38. The second-order valence-corrected chi connectivity index (χ2v) is 7.75. The third kappa shape index (κ3) is 3.32. The van der Waals surface area contributed by atoms with E-state index in [0.29, 0.717) is 27.3 Å². The van der Waals surface area contributed by atoms with E-state index in [-0.39, 0.29) is 11.3 Å². The van der Waals surface area contributed by atoms with Crippen molar-refractivity contribution < 1.29 is 9.53 Å². The Labute approximate surface area is 180 Å². The average molecular weight is 428 g/mol. The zero-order valence-electron chi connectivity index (χ0n) is 16.4. The monoisotopic (exact) mass is 428 g/mol. The normalized spacial score (nSPS) is 11.0. The number of anilines is 1. The molecule has 7 nitrogen and oxygen atoms in total. The van der Waals surface area contributed by atoms with Gasteiger partial charge < -0.3 is 4.74 Å². The summed E-state index contributed by atoms with van der Waals surface area (Å²) in [6.07, 6.45) is 0. The summed E-state index contributed by atoms with van der Waals surface area (Å²) in [5.41, 5.74) is 1.05. The molecule has 1 amide bonds. The van der Waals surface area contributed by atoms with E-state index >= 15 is 0 Å². The highest BCUT2D eigenvalue weighted by Crippen LogP contribution is 2.27. The van der Waals surface area contributed by atoms with Gasteiger partial charge >= 0.3 is 0 Å². The molecule has 3 aromatic carbocycles. The molecule has 8 heteroatoms. The number of nitrogens with zero attached hydrogens (tertiary/aromatic N) is 3. The zero-order chi connectivity index (χ0) is 21.4. The van der Waals surface area contributed by atoms with E-state index in [0.717, 1.165) is 10.2 Å². The number of para-hydroxylation sites is 3. The van der Waals surface area contributed by atoms with Crippen LogP contribution in [0.2, 0.25) is 0 Å². The van der Waals surface area contributed by atoms with Gasteiger partial charge in [0.2, 0.25) is 0 Å². The molecule has 152 valence electrons. The van der Waals surface area contributed by atoms with Crippen molar-refractivity contribution >= 4 is 43.4 Å². The van der Waals surface area contributed by atoms with Gasteiger partial charge in [0, 0.05) is 5.39 Å². The number of hydrogen-bond donors (Lipinski definition) is 1. The van der Waals surface area contributed by atoms with Gasteiger partial charge in [0.1, 0.15) is 11.4 Å². The van der Waals surface area contributed by atoms with Gasteiger partial charge in [0.15, 0.2) is 10.8 Å². The summed E-state index contributed by atoms with van der Waals surface area (Å²) in [5, 5.41) is 8.57. The fraction of sp³-hybridized carbons (Fsp3) is 0.0435. The van der Waals surface area contributed by atoms with Gasteiger partial charge in [0.25, 0.3) is 11.5 Å². The van der Waals surface area contributed by atoms with Crippen LogP contribution in [0.1, 0.15) is 10.5 Å². The highest BCUT2D eigenvalue weighted by Gasteiger charge is 2.20. The number of amides is 1. The molecule has 2 heterocycles. The number of carbonyl (C=O) groups excluding carboxylic acids is 1. The standard InChI is InChI=1S/C23H16N4O3S/c1-30-18-12-6-5-11-17(18)27-22(29)15-9-3-2-8-14(15)20(26-27)21(28)25-23-24-16-10-4-7-13-19(16)31-23/h2-13H,1H3,(H,24,25,28). The molecule has 0 bridgehead atoms. The van der Waals surface area contributed by atoms with Crippen molar-refractivity contribution in [3.63, 3.8) is 0 Å². The van der Waals surface area contributed by atoms with E-state index < -0.39 is 5.91 Å². The summed E-state index contributed by atoms with van der Waals surface area (Å²) < 4.78 is 7.56. The Kier molecular flexibility index (Phi) is 4.68. The van der Waals surface area contributed by atoms with E-state index in [1.165, 1.54) is 23.1 Å². The molecule has 0 radical (unpaired) electrons. The Morgan fingerprint density at radius 3 is 2.48 bits per heavy atom. The molecule has 0 saturated carbocycles. The molecule has 0 aliphatic heterocycles. The average Bonchev–Trinajstić information content (AvgIpc) is 3.21. The van der Waals surface area contributed by atoms with Crippen LogP contribution in [0.3, 0.4) is 0 Å². The number of aromatic nitrogens is 3. The van der Waals surface area contributed by atoms with Gasteiger partial charge in [-0.05, 0) is 30.3 Å². The second-order valence-electron chi connectivity index (χ2n) is 6.72. The molecule has 0 saturated heterocycles. The van der Waals surface area contributed by atoms with Crippen molar-refractivity contribution in [2.45, 2.75) is 0 Å². The first kappa shape index (κ1) is 19.0. The minimum absolute atomic E-state index is 0.125. The first-order chi connectivity index (χ1) is 15.2. The van der Waals surface area contributed by atoms with Gasteiger partial charge in [-0.15, -0.1) is 0 Å². The highest BCUT2D eigenvalue weighted by atomic mass is 32.1. The van der Waals surface area contributed by atoms with Crippen LogP contribution in [0.4, 0.5) is 5.13 Å². The third-order valence-corrected chi connectivity index (χ3v) is 5.80. The molecular weight excluding hydrogens is 412 g/mol. The molecule has 0 fully saturated rings. The molecule has 2 aromatic heterocycles. The summed E-state index contributed by atoms with van der Waals surface area (Å²) in [4.78, 5) is 30.8. The molecule has 0 aliphatic carbocycles. The molecule has 31 heavy (non-hydrogen) atoms. The van der Waals surface area contributed by atoms with Crippen LogP contribution in [0.5, 0.6) is 5.75 Å². The molecule has 0 aliphatic rings. The number of rotatable bonds is 4. The summed E-state index contributed by atoms with van der Waals surface area (Å²) in [7, 11) is 1.52. The van der Waals surface area contributed by atoms with Gasteiger partial charge in [0.05, 0.1) is 22.7 Å². The molecule has 1 N–H and O–H groups in total. The lowest BCUT2D eigenvalue weighted by Gasteiger charge is -2.13. The molecule has 5 rings (SSSR count). The van der Waals surface area contributed by atoms with E-state index in [1.54, 1.807) is 48.5 Å². The minimum Gasteiger partial charge on any atom is -0.494 e. The maximum absolute atomic E-state index is 13.2. The molecule has 5 aromatic rings. The molecule has 0 unspecified atom stereocenters. The predicted octanol–water partition coefficient (Wildman–Crippen LogP) is 4.26. The lowest BCUT2D eigenvalue weighted by Crippen LogP contribution is -2.26. The zero-order valence-corrected chi connectivity index (χ0v) is 17.2. The Balaban J connectivity index is 1.66. The topological polar surface area (TPSA) is 86.1 Å². The lowest BCUT2D eigenvalue weighted by molar-refractivity contribution is 0.102. The van der Waals surface area contributed by atoms with Crippen molar-refractivity contribution in [3.05, 3.63) is 88.8 Å². The number of methoxy groups -OCH3 is 1. The smallest absolute Gasteiger partial charge is 0.279 e. The minimum atomic E-state index is -0.445. The van der Waals surface area contributed by atoms with E-state index in [9.17, 15) is 9.59 Å². The van der Waals surface area contributed by atoms with Crippen LogP contribution in [0.15, 0.2) is 77.6 Å². The maximum Gasteiger partial charge on any atom is 0.279 e. The Morgan fingerprint density at radius 1 is 0.968 bits per heavy atom. The summed E-state index contributed by atoms with van der Waals surface area (Å²) in [6, 6.07) is 21.6. The van der Waals surface area contributed by atoms with Gasteiger partial charge in [-0.25, -0.2) is 4.98 Å². The van der Waals surface area contributed by atoms with Crippen molar-refractivity contribution in [3.8, 4) is 11.4 Å². The van der Waals surface area contributed by atoms with Crippen LogP contribution in [0, 0.1) is 0 Å². The maximum atomic E-state index is 13.2. The Hall–Kier alpha value is -4.04. The van der Waals surface area contributed by atoms with Crippen molar-refractivity contribution in [2.24, 2.45) is 0 Å². The number of thiazole rings is 1. The molecule has 0 atom stereocenters. The Bertz CT molecular complexity index is 1470. The number of nitrogens with one attached hydrogen (secondary N) is 1. The highest BCUT2D eigenvalue weighted by molar-refractivity contribution is 7.22. The van der Waals surface area contributed by atoms with Gasteiger partial charge in [-0.2, -0.15) is 9.78 Å². The number of carbonyl (C=O) groups is 1. The van der Waals surface area contributed by atoms with Crippen LogP contribution >= 0.6 is 11.3 Å². The lowest BCUT2D eigenvalue weighted by atomic mass is 10.1. The predicted molar refractivity (Wildman–Crippen MR) is 121 cm³/mol. The first-order valence-corrected chi connectivity index (χ1v) is 10.3. The van der Waals surface area contributed by atoms with E-state index in [1.807, 2.05) is 24.3 Å². The Morgan fingerprint density at radius 2 is 1.68 bits per heavy atom. The largest absolute Gasteiger partial charge is 0.494 e. The summed E-state index contributed by atoms with van der Waals surface area (Å²) in [5.74, 6) is 0.0313. The quantitative estimate of drug-likeness (QED) is 0.462. The van der Waals surface area contributed by atoms with Crippen LogP contribution in [-0.2, 0) is 0 Å². The SMILES string of the molecule is COc1ccccc1-n1nc(C(=O)Nc2nc3ccccc3s2)c2ccccc2c1=O. The van der Waals surface area contributed by atoms with Crippen LogP contribution in [0.25, 0.3) is 26.7 Å². The van der Waals surface area contributed by atoms with Crippen molar-refractivity contribution in [1.82, 2.24) is 14.8 Å². The van der Waals surface area contributed by atoms with Gasteiger partial charge in [-0.3, -0.25) is 14.9 Å². The van der Waals surface area contributed by atoms with Crippen LogP contribution in [-0.4, -0.2) is 27.8 Å². The first-order valence-electron chi connectivity index (χ1n) is 9.48. The number of ether oxygens (including phenoxy) is 1. The van der Waals surface area contributed by atoms with E-state index in [2.05, 4.69) is 15.4 Å². The van der Waals surface area contributed by atoms with Crippen molar-refractivity contribution in [2.75, 3.05) is 12.4 Å². The van der Waals surface area contributed by atoms with Gasteiger partial charge in [-0.1, -0.05) is 53.8 Å². The third-order valence-electron chi connectivity index (χ3n) is 4.85. The number of benzene rings is 3. The van der Waals surface area contributed by atoms with Crippen molar-refractivity contribution in [1.29, 1.82) is 0 Å². The number of hydrogen-bond acceptors (Lipinski definition) is 6. The molecule has 0 spiro atoms. The molecular formula is C23H16N4O3S.